The molecule has 0 aliphatic carbocycles. The molecule has 0 aromatic heterocycles. The van der Waals surface area contributed by atoms with Crippen molar-refractivity contribution in [2.45, 2.75) is 70.7 Å². The summed E-state index contributed by atoms with van der Waals surface area (Å²) in [4.78, 5) is 4.90. The van der Waals surface area contributed by atoms with Gasteiger partial charge in [0.25, 0.3) is 0 Å². The van der Waals surface area contributed by atoms with Crippen LogP contribution in [0.2, 0.25) is 0 Å². The molecule has 0 radical (unpaired) electrons. The number of anilines is 1. The van der Waals surface area contributed by atoms with E-state index in [0.717, 1.165) is 75.8 Å². The van der Waals surface area contributed by atoms with Crippen molar-refractivity contribution in [3.8, 4) is 11.5 Å². The van der Waals surface area contributed by atoms with Gasteiger partial charge in [0, 0.05) is 51.4 Å². The molecule has 2 aromatic carbocycles. The van der Waals surface area contributed by atoms with E-state index in [1.807, 2.05) is 0 Å². The molecule has 2 heterocycles. The van der Waals surface area contributed by atoms with E-state index in [-0.39, 0.29) is 6.10 Å². The maximum Gasteiger partial charge on any atom is 0.142 e. The van der Waals surface area contributed by atoms with E-state index in [1.54, 1.807) is 14.2 Å². The van der Waals surface area contributed by atoms with Crippen LogP contribution in [0.25, 0.3) is 0 Å². The van der Waals surface area contributed by atoms with Crippen molar-refractivity contribution in [3.63, 3.8) is 0 Å². The van der Waals surface area contributed by atoms with E-state index in [1.165, 1.54) is 11.1 Å². The van der Waals surface area contributed by atoms with E-state index < -0.39 is 0 Å². The zero-order valence-corrected chi connectivity index (χ0v) is 25.5. The summed E-state index contributed by atoms with van der Waals surface area (Å²) in [7, 11) is 5.73. The smallest absolute Gasteiger partial charge is 0.142 e. The van der Waals surface area contributed by atoms with Crippen LogP contribution in [0.1, 0.15) is 57.1 Å². The Morgan fingerprint density at radius 2 is 1.90 bits per heavy atom. The number of hydrogen-bond acceptors (Lipinski definition) is 7. The van der Waals surface area contributed by atoms with Gasteiger partial charge >= 0.3 is 0 Å². The van der Waals surface area contributed by atoms with Gasteiger partial charge in [0.15, 0.2) is 0 Å². The Kier molecular flexibility index (Phi) is 11.5. The average molecular weight is 554 g/mol. The summed E-state index contributed by atoms with van der Waals surface area (Å²) in [5.74, 6) is 2.85. The molecule has 0 bridgehead atoms. The highest BCUT2D eigenvalue weighted by Crippen LogP contribution is 2.35. The predicted molar refractivity (Wildman–Crippen MR) is 163 cm³/mol. The number of fused-ring (bicyclic) bond motifs is 1. The first-order valence-corrected chi connectivity index (χ1v) is 15.1. The molecule has 2 aromatic rings. The maximum atomic E-state index is 6.69. The first-order chi connectivity index (χ1) is 19.4. The monoisotopic (exact) mass is 553 g/mol. The van der Waals surface area contributed by atoms with Gasteiger partial charge < -0.3 is 34.1 Å². The summed E-state index contributed by atoms with van der Waals surface area (Å²) in [6.45, 7) is 12.8. The van der Waals surface area contributed by atoms with Crippen LogP contribution in [0.4, 0.5) is 5.69 Å². The summed E-state index contributed by atoms with van der Waals surface area (Å²) in [5, 5.41) is 3.84. The molecule has 7 heteroatoms. The molecule has 4 atom stereocenters. The number of nitrogens with zero attached hydrogens (tertiary/aromatic N) is 2. The molecule has 2 aliphatic rings. The van der Waals surface area contributed by atoms with Gasteiger partial charge in [-0.3, -0.25) is 0 Å². The average Bonchev–Trinajstić information content (AvgIpc) is 2.96. The number of piperidine rings is 1. The Hall–Kier alpha value is -2.32. The minimum absolute atomic E-state index is 0.0958. The number of rotatable bonds is 14. The highest BCUT2D eigenvalue weighted by Gasteiger charge is 2.33. The van der Waals surface area contributed by atoms with Crippen LogP contribution in [-0.2, 0) is 16.1 Å². The van der Waals surface area contributed by atoms with Gasteiger partial charge in [-0.15, -0.1) is 0 Å². The molecule has 0 saturated carbocycles. The molecule has 7 nitrogen and oxygen atoms in total. The lowest BCUT2D eigenvalue weighted by Gasteiger charge is -2.39. The zero-order chi connectivity index (χ0) is 28.5. The molecule has 0 amide bonds. The van der Waals surface area contributed by atoms with Crippen LogP contribution < -0.4 is 19.7 Å². The van der Waals surface area contributed by atoms with E-state index in [9.17, 15) is 0 Å². The van der Waals surface area contributed by atoms with Gasteiger partial charge in [-0.2, -0.15) is 0 Å². The standard InChI is InChI=1S/C33H51N3O4/c1-24(2)22-35(4)25(3)18-28-20-30(27-9-11-29(38-6)12-10-27)33(21-34-28)40-23-26-8-13-32-31(19-26)36(15-17-39-32)14-7-16-37-5/h8-13,19,24-25,28,30,33-34H,7,14-18,20-23H2,1-6H3/t25-,28-,30+,33-/m0/s1. The van der Waals surface area contributed by atoms with Crippen LogP contribution in [-0.4, -0.2) is 83.7 Å². The summed E-state index contributed by atoms with van der Waals surface area (Å²) in [6.07, 6.45) is 3.29. The topological polar surface area (TPSA) is 55.4 Å². The molecule has 222 valence electrons. The number of benzene rings is 2. The zero-order valence-electron chi connectivity index (χ0n) is 25.5. The molecule has 1 fully saturated rings. The Balaban J connectivity index is 1.44. The molecule has 4 rings (SSSR count). The third-order valence-electron chi connectivity index (χ3n) is 8.39. The fourth-order valence-corrected chi connectivity index (χ4v) is 6.11. The van der Waals surface area contributed by atoms with Crippen LogP contribution in [0.3, 0.4) is 0 Å². The number of hydrogen-bond donors (Lipinski definition) is 1. The Morgan fingerprint density at radius 3 is 2.62 bits per heavy atom. The fourth-order valence-electron chi connectivity index (χ4n) is 6.11. The first kappa shape index (κ1) is 30.6. The maximum absolute atomic E-state index is 6.69. The van der Waals surface area contributed by atoms with Gasteiger partial charge in [0.2, 0.25) is 0 Å². The van der Waals surface area contributed by atoms with Crippen molar-refractivity contribution in [3.05, 3.63) is 53.6 Å². The largest absolute Gasteiger partial charge is 0.497 e. The van der Waals surface area contributed by atoms with E-state index in [0.29, 0.717) is 30.5 Å². The van der Waals surface area contributed by atoms with E-state index in [4.69, 9.17) is 18.9 Å². The van der Waals surface area contributed by atoms with Crippen molar-refractivity contribution >= 4 is 5.69 Å². The number of methoxy groups -OCH3 is 2. The third kappa shape index (κ3) is 8.35. The third-order valence-corrected chi connectivity index (χ3v) is 8.39. The van der Waals surface area contributed by atoms with Crippen molar-refractivity contribution < 1.29 is 18.9 Å². The van der Waals surface area contributed by atoms with E-state index >= 15 is 0 Å². The van der Waals surface area contributed by atoms with Crippen LogP contribution >= 0.6 is 0 Å². The second kappa shape index (κ2) is 15.1. The minimum Gasteiger partial charge on any atom is -0.497 e. The predicted octanol–water partition coefficient (Wildman–Crippen LogP) is 5.33. The Bertz CT molecular complexity index is 1030. The summed E-state index contributed by atoms with van der Waals surface area (Å²) < 4.78 is 23.3. The highest BCUT2D eigenvalue weighted by atomic mass is 16.5. The molecule has 0 unspecified atom stereocenters. The Labute approximate surface area is 242 Å². The lowest BCUT2D eigenvalue weighted by atomic mass is 9.82. The molecule has 2 aliphatic heterocycles. The Morgan fingerprint density at radius 1 is 1.10 bits per heavy atom. The summed E-state index contributed by atoms with van der Waals surface area (Å²) in [5.41, 5.74) is 3.67. The summed E-state index contributed by atoms with van der Waals surface area (Å²) in [6, 6.07) is 16.0. The summed E-state index contributed by atoms with van der Waals surface area (Å²) >= 11 is 0. The molecule has 1 saturated heterocycles. The number of nitrogens with one attached hydrogen (secondary N) is 1. The molecule has 0 spiro atoms. The number of ether oxygens (including phenoxy) is 4. The fraction of sp³-hybridized carbons (Fsp3) is 0.636. The lowest BCUT2D eigenvalue weighted by Crippen LogP contribution is -2.49. The normalized spacial score (nSPS) is 21.8. The highest BCUT2D eigenvalue weighted by molar-refractivity contribution is 5.61. The van der Waals surface area contributed by atoms with Gasteiger partial charge in [-0.1, -0.05) is 32.0 Å². The van der Waals surface area contributed by atoms with Crippen molar-refractivity contribution in [1.29, 1.82) is 0 Å². The van der Waals surface area contributed by atoms with Gasteiger partial charge in [-0.05, 0) is 74.5 Å². The van der Waals surface area contributed by atoms with Gasteiger partial charge in [0.05, 0.1) is 32.1 Å². The molecule has 1 N–H and O–H groups in total. The van der Waals surface area contributed by atoms with Gasteiger partial charge in [-0.25, -0.2) is 0 Å². The van der Waals surface area contributed by atoms with Crippen LogP contribution in [0.5, 0.6) is 11.5 Å². The first-order valence-electron chi connectivity index (χ1n) is 15.1. The molecular weight excluding hydrogens is 502 g/mol. The van der Waals surface area contributed by atoms with Crippen LogP contribution in [0.15, 0.2) is 42.5 Å². The lowest BCUT2D eigenvalue weighted by molar-refractivity contribution is 0.000408. The van der Waals surface area contributed by atoms with Crippen molar-refractivity contribution in [2.24, 2.45) is 5.92 Å². The van der Waals surface area contributed by atoms with E-state index in [2.05, 4.69) is 85.4 Å². The molecular formula is C33H51N3O4. The minimum atomic E-state index is 0.0958. The second-order valence-electron chi connectivity index (χ2n) is 12.0. The van der Waals surface area contributed by atoms with Gasteiger partial charge in [0.1, 0.15) is 18.1 Å². The second-order valence-corrected chi connectivity index (χ2v) is 12.0. The molecule has 40 heavy (non-hydrogen) atoms. The van der Waals surface area contributed by atoms with Crippen molar-refractivity contribution in [2.75, 3.05) is 65.6 Å². The quantitative estimate of drug-likeness (QED) is 0.318. The SMILES string of the molecule is COCCCN1CCOc2ccc(CO[C@H]3CN[C@@H](C[C@H](C)N(C)CC(C)C)C[C@@H]3c3ccc(OC)cc3)cc21. The van der Waals surface area contributed by atoms with Crippen molar-refractivity contribution in [1.82, 2.24) is 10.2 Å². The van der Waals surface area contributed by atoms with Crippen LogP contribution in [0, 0.1) is 5.92 Å².